The molecule has 1 aliphatic rings. The van der Waals surface area contributed by atoms with Crippen molar-refractivity contribution in [3.63, 3.8) is 0 Å². The van der Waals surface area contributed by atoms with E-state index < -0.39 is 8.32 Å². The smallest absolute Gasteiger partial charge is 0.194 e. The molecular weight excluding hydrogens is 220 g/mol. The van der Waals surface area contributed by atoms with Crippen molar-refractivity contribution < 1.29 is 13.9 Å². The molecule has 0 aliphatic carbocycles. The second-order valence-corrected chi connectivity index (χ2v) is 9.10. The molecule has 3 nitrogen and oxygen atoms in total. The predicted molar refractivity (Wildman–Crippen MR) is 68.3 cm³/mol. The second kappa shape index (κ2) is 6.74. The SMILES string of the molecule is CCO[Si](CC)(CC)CC(C)OCC1CO1. The maximum Gasteiger partial charge on any atom is 0.194 e. The second-order valence-electron chi connectivity index (χ2n) is 4.63. The highest BCUT2D eigenvalue weighted by molar-refractivity contribution is 6.73. The minimum atomic E-state index is -1.52. The first-order valence-corrected chi connectivity index (χ1v) is 9.06. The molecule has 1 heterocycles. The zero-order valence-electron chi connectivity index (χ0n) is 11.1. The third-order valence-corrected chi connectivity index (χ3v) is 8.16. The van der Waals surface area contributed by atoms with Crippen LogP contribution in [0, 0.1) is 0 Å². The van der Waals surface area contributed by atoms with Crippen LogP contribution < -0.4 is 0 Å². The number of hydrogen-bond acceptors (Lipinski definition) is 3. The van der Waals surface area contributed by atoms with E-state index in [0.29, 0.717) is 12.2 Å². The normalized spacial score (nSPS) is 22.1. The van der Waals surface area contributed by atoms with Crippen molar-refractivity contribution in [3.05, 3.63) is 0 Å². The molecule has 0 spiro atoms. The average molecular weight is 246 g/mol. The summed E-state index contributed by atoms with van der Waals surface area (Å²) in [6, 6.07) is 3.48. The van der Waals surface area contributed by atoms with E-state index >= 15 is 0 Å². The Morgan fingerprint density at radius 2 is 1.94 bits per heavy atom. The van der Waals surface area contributed by atoms with Gasteiger partial charge in [-0.1, -0.05) is 13.8 Å². The van der Waals surface area contributed by atoms with Crippen LogP contribution in [-0.4, -0.2) is 40.3 Å². The van der Waals surface area contributed by atoms with Crippen molar-refractivity contribution in [2.24, 2.45) is 0 Å². The van der Waals surface area contributed by atoms with E-state index in [1.54, 1.807) is 0 Å². The van der Waals surface area contributed by atoms with Gasteiger partial charge in [-0.15, -0.1) is 0 Å². The van der Waals surface area contributed by atoms with Crippen molar-refractivity contribution in [1.29, 1.82) is 0 Å². The van der Waals surface area contributed by atoms with Gasteiger partial charge >= 0.3 is 0 Å². The summed E-state index contributed by atoms with van der Waals surface area (Å²) in [5.41, 5.74) is 0. The lowest BCUT2D eigenvalue weighted by Gasteiger charge is -2.31. The lowest BCUT2D eigenvalue weighted by molar-refractivity contribution is 0.0623. The zero-order chi connectivity index (χ0) is 12.0. The first-order chi connectivity index (χ1) is 7.65. The fourth-order valence-corrected chi connectivity index (χ4v) is 5.51. The summed E-state index contributed by atoms with van der Waals surface area (Å²) < 4.78 is 17.0. The van der Waals surface area contributed by atoms with Crippen LogP contribution in [0.1, 0.15) is 27.7 Å². The van der Waals surface area contributed by atoms with E-state index in [1.807, 2.05) is 0 Å². The Kier molecular flexibility index (Phi) is 5.96. The largest absolute Gasteiger partial charge is 0.417 e. The lowest BCUT2D eigenvalue weighted by atomic mass is 10.4. The van der Waals surface area contributed by atoms with Crippen LogP contribution in [-0.2, 0) is 13.9 Å². The first-order valence-electron chi connectivity index (χ1n) is 6.53. The van der Waals surface area contributed by atoms with Gasteiger partial charge in [0.05, 0.1) is 19.3 Å². The van der Waals surface area contributed by atoms with E-state index in [4.69, 9.17) is 13.9 Å². The van der Waals surface area contributed by atoms with Gasteiger partial charge in [-0.2, -0.15) is 0 Å². The molecule has 96 valence electrons. The molecule has 2 atom stereocenters. The number of rotatable bonds is 9. The van der Waals surface area contributed by atoms with Crippen molar-refractivity contribution in [2.45, 2.75) is 58.0 Å². The van der Waals surface area contributed by atoms with Crippen molar-refractivity contribution >= 4 is 8.32 Å². The van der Waals surface area contributed by atoms with Gasteiger partial charge in [0, 0.05) is 6.61 Å². The fraction of sp³-hybridized carbons (Fsp3) is 1.00. The van der Waals surface area contributed by atoms with Crippen molar-refractivity contribution in [1.82, 2.24) is 0 Å². The van der Waals surface area contributed by atoms with Crippen LogP contribution >= 0.6 is 0 Å². The summed E-state index contributed by atoms with van der Waals surface area (Å²) in [7, 11) is -1.52. The molecule has 16 heavy (non-hydrogen) atoms. The molecule has 1 aliphatic heterocycles. The van der Waals surface area contributed by atoms with Crippen LogP contribution in [0.2, 0.25) is 18.1 Å². The summed E-state index contributed by atoms with van der Waals surface area (Å²) in [6.45, 7) is 11.2. The zero-order valence-corrected chi connectivity index (χ0v) is 12.1. The van der Waals surface area contributed by atoms with Crippen LogP contribution in [0.25, 0.3) is 0 Å². The number of ether oxygens (including phenoxy) is 2. The summed E-state index contributed by atoms with van der Waals surface area (Å²) in [5.74, 6) is 0. The predicted octanol–water partition coefficient (Wildman–Crippen LogP) is 2.81. The van der Waals surface area contributed by atoms with E-state index in [-0.39, 0.29) is 0 Å². The van der Waals surface area contributed by atoms with Gasteiger partial charge < -0.3 is 13.9 Å². The Balaban J connectivity index is 2.32. The summed E-state index contributed by atoms with van der Waals surface area (Å²) in [6.07, 6.45) is 0.677. The summed E-state index contributed by atoms with van der Waals surface area (Å²) in [5, 5.41) is 0. The van der Waals surface area contributed by atoms with E-state index in [1.165, 1.54) is 12.1 Å². The molecule has 0 aromatic heterocycles. The lowest BCUT2D eigenvalue weighted by Crippen LogP contribution is -2.40. The monoisotopic (exact) mass is 246 g/mol. The average Bonchev–Trinajstić information content (AvgIpc) is 3.09. The first kappa shape index (κ1) is 14.2. The Bertz CT molecular complexity index is 191. The van der Waals surface area contributed by atoms with E-state index in [0.717, 1.165) is 25.9 Å². The quantitative estimate of drug-likeness (QED) is 0.463. The van der Waals surface area contributed by atoms with Gasteiger partial charge in [-0.05, 0) is 32.0 Å². The molecule has 4 heteroatoms. The summed E-state index contributed by atoms with van der Waals surface area (Å²) >= 11 is 0. The molecule has 0 aromatic carbocycles. The van der Waals surface area contributed by atoms with Crippen molar-refractivity contribution in [3.8, 4) is 0 Å². The van der Waals surface area contributed by atoms with Gasteiger partial charge in [0.15, 0.2) is 8.32 Å². The number of hydrogen-bond donors (Lipinski definition) is 0. The molecule has 0 radical (unpaired) electrons. The van der Waals surface area contributed by atoms with E-state index in [2.05, 4.69) is 27.7 Å². The molecule has 0 bridgehead atoms. The van der Waals surface area contributed by atoms with Gasteiger partial charge in [-0.25, -0.2) is 0 Å². The standard InChI is InChI=1S/C12H26O3Si/c1-5-15-16(6-2,7-3)10-11(4)13-8-12-9-14-12/h11-12H,5-10H2,1-4H3. The Labute approximate surface area is 101 Å². The van der Waals surface area contributed by atoms with Gasteiger partial charge in [0.25, 0.3) is 0 Å². The Hall–Kier alpha value is 0.0969. The third-order valence-electron chi connectivity index (χ3n) is 3.37. The minimum absolute atomic E-state index is 0.308. The summed E-state index contributed by atoms with van der Waals surface area (Å²) in [4.78, 5) is 0. The maximum absolute atomic E-state index is 6.05. The van der Waals surface area contributed by atoms with Crippen LogP contribution in [0.3, 0.4) is 0 Å². The molecule has 0 saturated carbocycles. The maximum atomic E-state index is 6.05. The van der Waals surface area contributed by atoms with Crippen LogP contribution in [0.5, 0.6) is 0 Å². The van der Waals surface area contributed by atoms with Gasteiger partial charge in [0.2, 0.25) is 0 Å². The molecule has 0 N–H and O–H groups in total. The van der Waals surface area contributed by atoms with Crippen molar-refractivity contribution in [2.75, 3.05) is 19.8 Å². The number of epoxide rings is 1. The fourth-order valence-electron chi connectivity index (χ4n) is 2.13. The Morgan fingerprint density at radius 1 is 1.31 bits per heavy atom. The molecule has 1 fully saturated rings. The van der Waals surface area contributed by atoms with Crippen LogP contribution in [0.4, 0.5) is 0 Å². The van der Waals surface area contributed by atoms with Gasteiger partial charge in [0.1, 0.15) is 6.10 Å². The van der Waals surface area contributed by atoms with E-state index in [9.17, 15) is 0 Å². The molecule has 0 amide bonds. The molecule has 1 saturated heterocycles. The third kappa shape index (κ3) is 4.53. The molecule has 0 aromatic rings. The Morgan fingerprint density at radius 3 is 2.38 bits per heavy atom. The highest BCUT2D eigenvalue weighted by Gasteiger charge is 2.33. The molecule has 1 rings (SSSR count). The topological polar surface area (TPSA) is 31.0 Å². The molecular formula is C12H26O3Si. The highest BCUT2D eigenvalue weighted by atomic mass is 28.4. The molecule has 2 unspecified atom stereocenters. The highest BCUT2D eigenvalue weighted by Crippen LogP contribution is 2.25. The van der Waals surface area contributed by atoms with Crippen LogP contribution in [0.15, 0.2) is 0 Å². The minimum Gasteiger partial charge on any atom is -0.417 e. The van der Waals surface area contributed by atoms with Gasteiger partial charge in [-0.3, -0.25) is 0 Å².